The molecule has 16 heavy (non-hydrogen) atoms. The summed E-state index contributed by atoms with van der Waals surface area (Å²) in [6.45, 7) is 3.78. The zero-order valence-corrected chi connectivity index (χ0v) is 9.80. The van der Waals surface area contributed by atoms with Gasteiger partial charge in [0, 0.05) is 6.42 Å². The molecule has 0 fully saturated rings. The number of aliphatic hydroxyl groups excluding tert-OH is 2. The highest BCUT2D eigenvalue weighted by molar-refractivity contribution is 4.74. The Labute approximate surface area is 94.5 Å². The van der Waals surface area contributed by atoms with Crippen molar-refractivity contribution >= 4 is 0 Å². The number of alkyl halides is 3. The molecule has 0 aromatic carbocycles. The number of rotatable bonds is 7. The maximum Gasteiger partial charge on any atom is 0.389 e. The Morgan fingerprint density at radius 3 is 1.94 bits per heavy atom. The highest BCUT2D eigenvalue weighted by Gasteiger charge is 2.28. The van der Waals surface area contributed by atoms with Crippen LogP contribution in [0, 0.1) is 5.92 Å². The van der Waals surface area contributed by atoms with Crippen LogP contribution in [0.1, 0.15) is 46.0 Å². The van der Waals surface area contributed by atoms with Crippen LogP contribution in [0.2, 0.25) is 0 Å². The standard InChI is InChI=1S/C11H21F3O2/c1-3-8(4-2)10(16)9(15)6-5-7-11(12,13)14/h8-10,15-16H,3-7H2,1-2H3. The van der Waals surface area contributed by atoms with Crippen molar-refractivity contribution < 1.29 is 23.4 Å². The normalized spacial score (nSPS) is 16.5. The van der Waals surface area contributed by atoms with Gasteiger partial charge in [-0.3, -0.25) is 0 Å². The third-order valence-electron chi connectivity index (χ3n) is 2.89. The van der Waals surface area contributed by atoms with E-state index in [0.29, 0.717) is 12.8 Å². The zero-order valence-electron chi connectivity index (χ0n) is 9.80. The van der Waals surface area contributed by atoms with E-state index in [1.807, 2.05) is 13.8 Å². The fourth-order valence-electron chi connectivity index (χ4n) is 1.77. The smallest absolute Gasteiger partial charge is 0.389 e. The van der Waals surface area contributed by atoms with Crippen molar-refractivity contribution in [2.24, 2.45) is 5.92 Å². The molecular weight excluding hydrogens is 221 g/mol. The Kier molecular flexibility index (Phi) is 6.99. The average molecular weight is 242 g/mol. The van der Waals surface area contributed by atoms with Gasteiger partial charge >= 0.3 is 6.18 Å². The maximum absolute atomic E-state index is 11.9. The number of hydrogen-bond acceptors (Lipinski definition) is 2. The first-order chi connectivity index (χ1) is 7.31. The third kappa shape index (κ3) is 6.33. The molecule has 0 amide bonds. The van der Waals surface area contributed by atoms with Gasteiger partial charge in [-0.1, -0.05) is 26.7 Å². The second-order valence-electron chi connectivity index (χ2n) is 4.14. The molecule has 2 nitrogen and oxygen atoms in total. The largest absolute Gasteiger partial charge is 0.390 e. The molecule has 98 valence electrons. The Morgan fingerprint density at radius 2 is 1.56 bits per heavy atom. The fraction of sp³-hybridized carbons (Fsp3) is 1.00. The second kappa shape index (κ2) is 7.12. The molecule has 0 bridgehead atoms. The number of aliphatic hydroxyl groups is 2. The lowest BCUT2D eigenvalue weighted by molar-refractivity contribution is -0.137. The lowest BCUT2D eigenvalue weighted by Gasteiger charge is -2.25. The summed E-state index contributed by atoms with van der Waals surface area (Å²) in [6, 6.07) is 0. The van der Waals surface area contributed by atoms with E-state index in [1.54, 1.807) is 0 Å². The monoisotopic (exact) mass is 242 g/mol. The van der Waals surface area contributed by atoms with E-state index >= 15 is 0 Å². The molecule has 2 N–H and O–H groups in total. The lowest BCUT2D eigenvalue weighted by atomic mass is 9.91. The fourth-order valence-corrected chi connectivity index (χ4v) is 1.77. The van der Waals surface area contributed by atoms with Crippen molar-refractivity contribution in [1.29, 1.82) is 0 Å². The van der Waals surface area contributed by atoms with Crippen LogP contribution < -0.4 is 0 Å². The van der Waals surface area contributed by atoms with Gasteiger partial charge in [-0.05, 0) is 18.8 Å². The van der Waals surface area contributed by atoms with Crippen molar-refractivity contribution in [3.05, 3.63) is 0 Å². The van der Waals surface area contributed by atoms with E-state index in [2.05, 4.69) is 0 Å². The Hall–Kier alpha value is -0.290. The Bertz CT molecular complexity index is 179. The summed E-state index contributed by atoms with van der Waals surface area (Å²) >= 11 is 0. The number of hydrogen-bond donors (Lipinski definition) is 2. The van der Waals surface area contributed by atoms with E-state index in [-0.39, 0.29) is 18.8 Å². The quantitative estimate of drug-likeness (QED) is 0.720. The first kappa shape index (κ1) is 15.7. The molecule has 0 aliphatic rings. The predicted octanol–water partition coefficient (Wildman–Crippen LogP) is 2.88. The molecule has 0 aromatic heterocycles. The molecule has 0 saturated heterocycles. The van der Waals surface area contributed by atoms with E-state index in [9.17, 15) is 23.4 Å². The van der Waals surface area contributed by atoms with E-state index < -0.39 is 24.8 Å². The summed E-state index contributed by atoms with van der Waals surface area (Å²) < 4.78 is 35.6. The Balaban J connectivity index is 3.91. The minimum Gasteiger partial charge on any atom is -0.390 e. The van der Waals surface area contributed by atoms with Gasteiger partial charge in [-0.2, -0.15) is 13.2 Å². The van der Waals surface area contributed by atoms with Gasteiger partial charge in [0.25, 0.3) is 0 Å². The summed E-state index contributed by atoms with van der Waals surface area (Å²) in [5.41, 5.74) is 0. The average Bonchev–Trinajstić information content (AvgIpc) is 2.17. The summed E-state index contributed by atoms with van der Waals surface area (Å²) in [5, 5.41) is 19.2. The molecule has 0 aliphatic carbocycles. The minimum absolute atomic E-state index is 0.00280. The summed E-state index contributed by atoms with van der Waals surface area (Å²) in [5.74, 6) is -0.0408. The van der Waals surface area contributed by atoms with Crippen molar-refractivity contribution in [1.82, 2.24) is 0 Å². The van der Waals surface area contributed by atoms with Gasteiger partial charge in [0.2, 0.25) is 0 Å². The maximum atomic E-state index is 11.9. The minimum atomic E-state index is -4.18. The summed E-state index contributed by atoms with van der Waals surface area (Å²) in [4.78, 5) is 0. The Morgan fingerprint density at radius 1 is 1.06 bits per heavy atom. The highest BCUT2D eigenvalue weighted by atomic mass is 19.4. The molecule has 0 spiro atoms. The molecule has 0 radical (unpaired) electrons. The molecular formula is C11H21F3O2. The molecule has 0 rings (SSSR count). The first-order valence-electron chi connectivity index (χ1n) is 5.74. The van der Waals surface area contributed by atoms with Crippen LogP contribution in [0.25, 0.3) is 0 Å². The van der Waals surface area contributed by atoms with E-state index in [1.165, 1.54) is 0 Å². The van der Waals surface area contributed by atoms with Crippen molar-refractivity contribution in [3.8, 4) is 0 Å². The van der Waals surface area contributed by atoms with Crippen LogP contribution in [0.5, 0.6) is 0 Å². The topological polar surface area (TPSA) is 40.5 Å². The molecule has 0 heterocycles. The second-order valence-corrected chi connectivity index (χ2v) is 4.14. The third-order valence-corrected chi connectivity index (χ3v) is 2.89. The van der Waals surface area contributed by atoms with Crippen LogP contribution >= 0.6 is 0 Å². The van der Waals surface area contributed by atoms with Gasteiger partial charge in [0.1, 0.15) is 0 Å². The lowest BCUT2D eigenvalue weighted by Crippen LogP contribution is -2.33. The highest BCUT2D eigenvalue weighted by Crippen LogP contribution is 2.24. The molecule has 5 heteroatoms. The van der Waals surface area contributed by atoms with Crippen LogP contribution in [-0.4, -0.2) is 28.6 Å². The zero-order chi connectivity index (χ0) is 12.8. The molecule has 2 unspecified atom stereocenters. The number of halogens is 3. The van der Waals surface area contributed by atoms with Gasteiger partial charge in [0.15, 0.2) is 0 Å². The predicted molar refractivity (Wildman–Crippen MR) is 56.0 cm³/mol. The molecule has 0 saturated carbocycles. The first-order valence-corrected chi connectivity index (χ1v) is 5.74. The molecule has 0 aromatic rings. The van der Waals surface area contributed by atoms with E-state index in [4.69, 9.17) is 0 Å². The van der Waals surface area contributed by atoms with Gasteiger partial charge in [-0.25, -0.2) is 0 Å². The van der Waals surface area contributed by atoms with Crippen LogP contribution in [0.15, 0.2) is 0 Å². The SMILES string of the molecule is CCC(CC)C(O)C(O)CCCC(F)(F)F. The van der Waals surface area contributed by atoms with Gasteiger partial charge in [0.05, 0.1) is 12.2 Å². The van der Waals surface area contributed by atoms with Gasteiger partial charge in [-0.15, -0.1) is 0 Å². The van der Waals surface area contributed by atoms with E-state index in [0.717, 1.165) is 0 Å². The van der Waals surface area contributed by atoms with Gasteiger partial charge < -0.3 is 10.2 Å². The summed E-state index contributed by atoms with van der Waals surface area (Å²) in [6.07, 6.45) is -5.75. The van der Waals surface area contributed by atoms with Crippen LogP contribution in [-0.2, 0) is 0 Å². The molecule has 0 aliphatic heterocycles. The van der Waals surface area contributed by atoms with Crippen molar-refractivity contribution in [3.63, 3.8) is 0 Å². The van der Waals surface area contributed by atoms with Crippen LogP contribution in [0.3, 0.4) is 0 Å². The van der Waals surface area contributed by atoms with Crippen molar-refractivity contribution in [2.45, 2.75) is 64.3 Å². The van der Waals surface area contributed by atoms with Crippen LogP contribution in [0.4, 0.5) is 13.2 Å². The molecule has 2 atom stereocenters. The van der Waals surface area contributed by atoms with Crippen molar-refractivity contribution in [2.75, 3.05) is 0 Å². The summed E-state index contributed by atoms with van der Waals surface area (Å²) in [7, 11) is 0.